The van der Waals surface area contributed by atoms with Gasteiger partial charge < -0.3 is 5.32 Å². The average molecular weight is 421 g/mol. The summed E-state index contributed by atoms with van der Waals surface area (Å²) in [5.74, 6) is -0.0459. The van der Waals surface area contributed by atoms with Crippen molar-refractivity contribution >= 4 is 61.5 Å². The Hall–Kier alpha value is -1.55. The summed E-state index contributed by atoms with van der Waals surface area (Å²) in [7, 11) is 0. The summed E-state index contributed by atoms with van der Waals surface area (Å²) in [5.41, 5.74) is 2.95. The summed E-state index contributed by atoms with van der Waals surface area (Å²) < 4.78 is 1.01. The molecule has 1 aliphatic heterocycles. The van der Waals surface area contributed by atoms with Crippen LogP contribution in [-0.2, 0) is 4.79 Å². The van der Waals surface area contributed by atoms with Crippen molar-refractivity contribution in [3.8, 4) is 0 Å². The summed E-state index contributed by atoms with van der Waals surface area (Å²) in [6, 6.07) is 15.7. The number of hydrogen-bond acceptors (Lipinski definition) is 1. The van der Waals surface area contributed by atoms with Crippen LogP contribution in [0.15, 0.2) is 53.0 Å². The first kappa shape index (κ1) is 15.9. The summed E-state index contributed by atoms with van der Waals surface area (Å²) in [5, 5.41) is 6.16. The zero-order valence-corrected chi connectivity index (χ0v) is 15.5. The highest BCUT2D eigenvalue weighted by atomic mass is 79.9. The number of amides is 1. The molecular formula is C19H12BrCl2NO. The Labute approximate surface area is 157 Å². The summed E-state index contributed by atoms with van der Waals surface area (Å²) >= 11 is 15.9. The molecule has 0 saturated carbocycles. The fraction of sp³-hybridized carbons (Fsp3) is 0.105. The molecular weight excluding hydrogens is 409 g/mol. The van der Waals surface area contributed by atoms with Crippen LogP contribution in [0.1, 0.15) is 23.5 Å². The average Bonchev–Trinajstić information content (AvgIpc) is 2.58. The molecule has 0 aliphatic carbocycles. The van der Waals surface area contributed by atoms with Crippen LogP contribution in [0.4, 0.5) is 5.69 Å². The minimum absolute atomic E-state index is 0.00560. The molecule has 0 spiro atoms. The van der Waals surface area contributed by atoms with Crippen LogP contribution in [0.5, 0.6) is 0 Å². The Balaban J connectivity index is 1.97. The number of rotatable bonds is 1. The lowest BCUT2D eigenvalue weighted by Gasteiger charge is -2.28. The lowest BCUT2D eigenvalue weighted by atomic mass is 9.83. The van der Waals surface area contributed by atoms with Gasteiger partial charge in [0.15, 0.2) is 0 Å². The molecule has 0 aromatic heterocycles. The summed E-state index contributed by atoms with van der Waals surface area (Å²) in [6.07, 6.45) is 0.385. The highest BCUT2D eigenvalue weighted by molar-refractivity contribution is 9.10. The highest BCUT2D eigenvalue weighted by Gasteiger charge is 2.29. The van der Waals surface area contributed by atoms with Crippen LogP contribution >= 0.6 is 39.1 Å². The van der Waals surface area contributed by atoms with E-state index >= 15 is 0 Å². The van der Waals surface area contributed by atoms with Crippen molar-refractivity contribution in [3.63, 3.8) is 0 Å². The molecule has 0 unspecified atom stereocenters. The normalized spacial score (nSPS) is 16.8. The quantitative estimate of drug-likeness (QED) is 0.485. The molecule has 120 valence electrons. The van der Waals surface area contributed by atoms with Crippen LogP contribution < -0.4 is 5.32 Å². The van der Waals surface area contributed by atoms with E-state index in [2.05, 4.69) is 27.3 Å². The number of hydrogen-bond donors (Lipinski definition) is 1. The van der Waals surface area contributed by atoms with Crippen molar-refractivity contribution in [2.45, 2.75) is 12.3 Å². The van der Waals surface area contributed by atoms with Gasteiger partial charge in [-0.15, -0.1) is 0 Å². The number of carbonyl (C=O) groups excluding carboxylic acids is 1. The second-order valence-corrected chi connectivity index (χ2v) is 7.52. The molecule has 1 heterocycles. The lowest BCUT2D eigenvalue weighted by molar-refractivity contribution is -0.116. The number of anilines is 1. The minimum atomic E-state index is -0.0515. The zero-order valence-electron chi connectivity index (χ0n) is 12.4. The number of fused-ring (bicyclic) bond motifs is 3. The molecule has 1 atom stereocenters. The standard InChI is InChI=1S/C19H12BrCl2NO/c20-15-8-14-13(10-5-6-16(21)17(22)7-10)9-18(24)23-19(14)12-4-2-1-3-11(12)15/h1-8,13H,9H2,(H,23,24)/t13-/m0/s1. The summed E-state index contributed by atoms with van der Waals surface area (Å²) in [6.45, 7) is 0. The van der Waals surface area contributed by atoms with Crippen molar-refractivity contribution in [3.05, 3.63) is 74.2 Å². The Morgan fingerprint density at radius 3 is 2.50 bits per heavy atom. The Bertz CT molecular complexity index is 987. The van der Waals surface area contributed by atoms with Gasteiger partial charge in [-0.25, -0.2) is 0 Å². The van der Waals surface area contributed by atoms with Gasteiger partial charge in [-0.3, -0.25) is 4.79 Å². The van der Waals surface area contributed by atoms with Gasteiger partial charge in [0, 0.05) is 22.2 Å². The Morgan fingerprint density at radius 1 is 1.00 bits per heavy atom. The Morgan fingerprint density at radius 2 is 1.75 bits per heavy atom. The van der Waals surface area contributed by atoms with Gasteiger partial charge in [-0.05, 0) is 34.7 Å². The van der Waals surface area contributed by atoms with E-state index in [-0.39, 0.29) is 11.8 Å². The van der Waals surface area contributed by atoms with Crippen molar-refractivity contribution in [1.29, 1.82) is 0 Å². The maximum Gasteiger partial charge on any atom is 0.225 e. The maximum absolute atomic E-state index is 12.3. The van der Waals surface area contributed by atoms with E-state index in [1.807, 2.05) is 36.4 Å². The second kappa shape index (κ2) is 6.07. The summed E-state index contributed by atoms with van der Waals surface area (Å²) in [4.78, 5) is 12.3. The van der Waals surface area contributed by atoms with Crippen molar-refractivity contribution in [1.82, 2.24) is 0 Å². The first-order chi connectivity index (χ1) is 11.5. The molecule has 0 bridgehead atoms. The number of carbonyl (C=O) groups is 1. The number of nitrogens with one attached hydrogen (secondary N) is 1. The molecule has 0 fully saturated rings. The fourth-order valence-corrected chi connectivity index (χ4v) is 4.18. The predicted octanol–water partition coefficient (Wildman–Crippen LogP) is 6.38. The van der Waals surface area contributed by atoms with Gasteiger partial charge in [0.25, 0.3) is 0 Å². The maximum atomic E-state index is 12.3. The zero-order chi connectivity index (χ0) is 16.8. The third-order valence-corrected chi connectivity index (χ3v) is 5.80. The molecule has 1 aliphatic rings. The molecule has 0 radical (unpaired) electrons. The van der Waals surface area contributed by atoms with Crippen LogP contribution in [-0.4, -0.2) is 5.91 Å². The highest BCUT2D eigenvalue weighted by Crippen LogP contribution is 2.44. The van der Waals surface area contributed by atoms with Gasteiger partial charge >= 0.3 is 0 Å². The number of halogens is 3. The molecule has 1 amide bonds. The van der Waals surface area contributed by atoms with Crippen molar-refractivity contribution in [2.75, 3.05) is 5.32 Å². The van der Waals surface area contributed by atoms with E-state index in [9.17, 15) is 4.79 Å². The van der Waals surface area contributed by atoms with Crippen molar-refractivity contribution in [2.24, 2.45) is 0 Å². The van der Waals surface area contributed by atoms with Crippen LogP contribution in [0.25, 0.3) is 10.8 Å². The topological polar surface area (TPSA) is 29.1 Å². The molecule has 3 aromatic carbocycles. The Kier molecular flexibility index (Phi) is 4.03. The van der Waals surface area contributed by atoms with Gasteiger partial charge in [0.2, 0.25) is 5.91 Å². The number of benzene rings is 3. The molecule has 5 heteroatoms. The molecule has 24 heavy (non-hydrogen) atoms. The van der Waals surface area contributed by atoms with E-state index in [4.69, 9.17) is 23.2 Å². The van der Waals surface area contributed by atoms with E-state index < -0.39 is 0 Å². The van der Waals surface area contributed by atoms with Crippen molar-refractivity contribution < 1.29 is 4.79 Å². The largest absolute Gasteiger partial charge is 0.325 e. The van der Waals surface area contributed by atoms with E-state index in [0.717, 1.165) is 32.1 Å². The molecule has 1 N–H and O–H groups in total. The molecule has 2 nitrogen and oxygen atoms in total. The van der Waals surface area contributed by atoms with Gasteiger partial charge in [-0.1, -0.05) is 69.5 Å². The molecule has 3 aromatic rings. The third-order valence-electron chi connectivity index (χ3n) is 4.40. The molecule has 0 saturated heterocycles. The monoisotopic (exact) mass is 419 g/mol. The fourth-order valence-electron chi connectivity index (χ4n) is 3.28. The van der Waals surface area contributed by atoms with E-state index in [1.165, 1.54) is 0 Å². The van der Waals surface area contributed by atoms with Gasteiger partial charge in [0.1, 0.15) is 0 Å². The van der Waals surface area contributed by atoms with Crippen LogP contribution in [0.2, 0.25) is 10.0 Å². The minimum Gasteiger partial charge on any atom is -0.325 e. The predicted molar refractivity (Wildman–Crippen MR) is 103 cm³/mol. The van der Waals surface area contributed by atoms with E-state index in [1.54, 1.807) is 6.07 Å². The third kappa shape index (κ3) is 2.61. The van der Waals surface area contributed by atoms with Gasteiger partial charge in [-0.2, -0.15) is 0 Å². The SMILES string of the molecule is O=C1C[C@@H](c2ccc(Cl)c(Cl)c2)c2cc(Br)c3ccccc3c2N1. The van der Waals surface area contributed by atoms with Gasteiger partial charge in [0.05, 0.1) is 15.7 Å². The lowest BCUT2D eigenvalue weighted by Crippen LogP contribution is -2.23. The molecule has 4 rings (SSSR count). The first-order valence-electron chi connectivity index (χ1n) is 7.50. The second-order valence-electron chi connectivity index (χ2n) is 5.85. The van der Waals surface area contributed by atoms with Crippen LogP contribution in [0, 0.1) is 0 Å². The first-order valence-corrected chi connectivity index (χ1v) is 9.05. The van der Waals surface area contributed by atoms with E-state index in [0.29, 0.717) is 16.5 Å². The smallest absolute Gasteiger partial charge is 0.225 e. The van der Waals surface area contributed by atoms with Crippen LogP contribution in [0.3, 0.4) is 0 Å².